The van der Waals surface area contributed by atoms with Gasteiger partial charge in [-0.15, -0.1) is 0 Å². The minimum atomic E-state index is 1.11. The van der Waals surface area contributed by atoms with Crippen LogP contribution in [0.2, 0.25) is 0 Å². The van der Waals surface area contributed by atoms with Crippen molar-refractivity contribution in [1.82, 2.24) is 5.32 Å². The highest BCUT2D eigenvalue weighted by Crippen LogP contribution is 2.16. The number of rotatable bonds is 4. The lowest BCUT2D eigenvalue weighted by atomic mass is 10.1. The molecule has 2 heteroatoms. The summed E-state index contributed by atoms with van der Waals surface area (Å²) < 4.78 is 0. The van der Waals surface area contributed by atoms with Crippen LogP contribution in [0.15, 0.2) is 24.3 Å². The lowest BCUT2D eigenvalue weighted by Gasteiger charge is -2.29. The molecule has 0 spiro atoms. The van der Waals surface area contributed by atoms with Crippen molar-refractivity contribution in [1.29, 1.82) is 0 Å². The number of benzene rings is 1. The average molecular weight is 218 g/mol. The fraction of sp³-hybridized carbons (Fsp3) is 0.571. The van der Waals surface area contributed by atoms with Gasteiger partial charge in [0.1, 0.15) is 0 Å². The van der Waals surface area contributed by atoms with E-state index in [1.165, 1.54) is 30.5 Å². The van der Waals surface area contributed by atoms with Crippen LogP contribution in [0, 0.1) is 0 Å². The molecular weight excluding hydrogens is 196 g/mol. The van der Waals surface area contributed by atoms with Crippen LogP contribution in [-0.2, 0) is 6.42 Å². The van der Waals surface area contributed by atoms with Gasteiger partial charge in [-0.05, 0) is 30.5 Å². The maximum atomic E-state index is 3.38. The SMILES string of the molecule is CCCCc1ccc(N2CCNCC2)cc1. The first-order valence-electron chi connectivity index (χ1n) is 6.45. The summed E-state index contributed by atoms with van der Waals surface area (Å²) >= 11 is 0. The van der Waals surface area contributed by atoms with Crippen LogP contribution >= 0.6 is 0 Å². The van der Waals surface area contributed by atoms with Crippen LogP contribution in [-0.4, -0.2) is 26.2 Å². The summed E-state index contributed by atoms with van der Waals surface area (Å²) in [6, 6.07) is 9.12. The Morgan fingerprint density at radius 3 is 2.44 bits per heavy atom. The molecule has 0 radical (unpaired) electrons. The van der Waals surface area contributed by atoms with E-state index in [0.717, 1.165) is 26.2 Å². The maximum absolute atomic E-state index is 3.38. The average Bonchev–Trinajstić information content (AvgIpc) is 2.38. The van der Waals surface area contributed by atoms with E-state index in [1.54, 1.807) is 0 Å². The molecule has 1 N–H and O–H groups in total. The fourth-order valence-corrected chi connectivity index (χ4v) is 2.18. The van der Waals surface area contributed by atoms with Crippen LogP contribution in [0.4, 0.5) is 5.69 Å². The van der Waals surface area contributed by atoms with Crippen molar-refractivity contribution in [2.75, 3.05) is 31.1 Å². The molecule has 1 heterocycles. The number of hydrogen-bond acceptors (Lipinski definition) is 2. The Labute approximate surface area is 98.7 Å². The van der Waals surface area contributed by atoms with E-state index in [9.17, 15) is 0 Å². The number of aryl methyl sites for hydroxylation is 1. The van der Waals surface area contributed by atoms with Gasteiger partial charge in [-0.1, -0.05) is 25.5 Å². The number of hydrogen-bond donors (Lipinski definition) is 1. The molecule has 0 bridgehead atoms. The molecule has 88 valence electrons. The van der Waals surface area contributed by atoms with Crippen molar-refractivity contribution in [3.05, 3.63) is 29.8 Å². The second-order valence-corrected chi connectivity index (χ2v) is 4.51. The van der Waals surface area contributed by atoms with Crippen molar-refractivity contribution in [3.8, 4) is 0 Å². The molecule has 2 nitrogen and oxygen atoms in total. The van der Waals surface area contributed by atoms with Crippen molar-refractivity contribution in [2.24, 2.45) is 0 Å². The normalized spacial score (nSPS) is 16.4. The number of anilines is 1. The van der Waals surface area contributed by atoms with Crippen LogP contribution in [0.3, 0.4) is 0 Å². The highest BCUT2D eigenvalue weighted by Gasteiger charge is 2.09. The van der Waals surface area contributed by atoms with Crippen molar-refractivity contribution >= 4 is 5.69 Å². The third-order valence-corrected chi connectivity index (χ3v) is 3.24. The van der Waals surface area contributed by atoms with Gasteiger partial charge < -0.3 is 10.2 Å². The summed E-state index contributed by atoms with van der Waals surface area (Å²) in [4.78, 5) is 2.46. The second-order valence-electron chi connectivity index (χ2n) is 4.51. The van der Waals surface area contributed by atoms with Gasteiger partial charge in [0.15, 0.2) is 0 Å². The third kappa shape index (κ3) is 2.99. The lowest BCUT2D eigenvalue weighted by molar-refractivity contribution is 0.589. The van der Waals surface area contributed by atoms with E-state index < -0.39 is 0 Å². The Balaban J connectivity index is 1.95. The van der Waals surface area contributed by atoms with Gasteiger partial charge in [-0.3, -0.25) is 0 Å². The molecule has 0 aromatic heterocycles. The van der Waals surface area contributed by atoms with E-state index in [4.69, 9.17) is 0 Å². The molecule has 1 aromatic carbocycles. The zero-order chi connectivity index (χ0) is 11.2. The Kier molecular flexibility index (Phi) is 4.23. The molecular formula is C14H22N2. The topological polar surface area (TPSA) is 15.3 Å². The summed E-state index contributed by atoms with van der Waals surface area (Å²) in [7, 11) is 0. The third-order valence-electron chi connectivity index (χ3n) is 3.24. The summed E-state index contributed by atoms with van der Waals surface area (Å²) in [5, 5.41) is 3.38. The zero-order valence-electron chi connectivity index (χ0n) is 10.2. The van der Waals surface area contributed by atoms with Crippen LogP contribution in [0.5, 0.6) is 0 Å². The van der Waals surface area contributed by atoms with Crippen LogP contribution < -0.4 is 10.2 Å². The minimum Gasteiger partial charge on any atom is -0.369 e. The Morgan fingerprint density at radius 2 is 1.81 bits per heavy atom. The smallest absolute Gasteiger partial charge is 0.0367 e. The summed E-state index contributed by atoms with van der Waals surface area (Å²) in [5.41, 5.74) is 2.85. The zero-order valence-corrected chi connectivity index (χ0v) is 10.2. The van der Waals surface area contributed by atoms with Gasteiger partial charge in [-0.2, -0.15) is 0 Å². The van der Waals surface area contributed by atoms with Crippen molar-refractivity contribution in [3.63, 3.8) is 0 Å². The van der Waals surface area contributed by atoms with Gasteiger partial charge >= 0.3 is 0 Å². The summed E-state index contributed by atoms with van der Waals surface area (Å²) in [5.74, 6) is 0. The molecule has 1 saturated heterocycles. The number of nitrogens with zero attached hydrogens (tertiary/aromatic N) is 1. The molecule has 0 unspecified atom stereocenters. The van der Waals surface area contributed by atoms with E-state index in [2.05, 4.69) is 41.4 Å². The quantitative estimate of drug-likeness (QED) is 0.835. The summed E-state index contributed by atoms with van der Waals surface area (Å²) in [6.45, 7) is 6.73. The van der Waals surface area contributed by atoms with Gasteiger partial charge in [0.25, 0.3) is 0 Å². The number of unbranched alkanes of at least 4 members (excludes halogenated alkanes) is 1. The molecule has 0 aliphatic carbocycles. The molecule has 0 saturated carbocycles. The largest absolute Gasteiger partial charge is 0.369 e. The van der Waals surface area contributed by atoms with E-state index in [-0.39, 0.29) is 0 Å². The van der Waals surface area contributed by atoms with Gasteiger partial charge in [-0.25, -0.2) is 0 Å². The Morgan fingerprint density at radius 1 is 1.12 bits per heavy atom. The summed E-state index contributed by atoms with van der Waals surface area (Å²) in [6.07, 6.45) is 3.80. The van der Waals surface area contributed by atoms with E-state index in [1.807, 2.05) is 0 Å². The standard InChI is InChI=1S/C14H22N2/c1-2-3-4-13-5-7-14(8-6-13)16-11-9-15-10-12-16/h5-8,15H,2-4,9-12H2,1H3. The van der Waals surface area contributed by atoms with Gasteiger partial charge in [0, 0.05) is 31.9 Å². The molecule has 16 heavy (non-hydrogen) atoms. The van der Waals surface area contributed by atoms with Crippen LogP contribution in [0.25, 0.3) is 0 Å². The lowest BCUT2D eigenvalue weighted by Crippen LogP contribution is -2.43. The first-order valence-corrected chi connectivity index (χ1v) is 6.45. The Hall–Kier alpha value is -1.02. The van der Waals surface area contributed by atoms with Crippen molar-refractivity contribution in [2.45, 2.75) is 26.2 Å². The molecule has 0 atom stereocenters. The van der Waals surface area contributed by atoms with E-state index in [0.29, 0.717) is 0 Å². The number of piperazine rings is 1. The van der Waals surface area contributed by atoms with E-state index >= 15 is 0 Å². The number of nitrogens with one attached hydrogen (secondary N) is 1. The first kappa shape index (κ1) is 11.5. The first-order chi connectivity index (χ1) is 7.90. The predicted octanol–water partition coefficient (Wildman–Crippen LogP) is 2.44. The molecule has 1 aromatic rings. The van der Waals surface area contributed by atoms with Gasteiger partial charge in [0.05, 0.1) is 0 Å². The second kappa shape index (κ2) is 5.90. The fourth-order valence-electron chi connectivity index (χ4n) is 2.18. The highest BCUT2D eigenvalue weighted by molar-refractivity contribution is 5.48. The molecule has 1 fully saturated rings. The predicted molar refractivity (Wildman–Crippen MR) is 70.1 cm³/mol. The Bertz CT molecular complexity index is 299. The molecule has 1 aliphatic rings. The monoisotopic (exact) mass is 218 g/mol. The highest BCUT2D eigenvalue weighted by atomic mass is 15.2. The molecule has 2 rings (SSSR count). The minimum absolute atomic E-state index is 1.11. The molecule has 0 amide bonds. The van der Waals surface area contributed by atoms with Crippen LogP contribution in [0.1, 0.15) is 25.3 Å². The van der Waals surface area contributed by atoms with Crippen molar-refractivity contribution < 1.29 is 0 Å². The molecule has 1 aliphatic heterocycles. The van der Waals surface area contributed by atoms with Gasteiger partial charge in [0.2, 0.25) is 0 Å². The maximum Gasteiger partial charge on any atom is 0.0367 e.